The van der Waals surface area contributed by atoms with Gasteiger partial charge in [0, 0.05) is 13.1 Å². The SMILES string of the molecule is CN(CCO)CCOCCC(=O)O. The van der Waals surface area contributed by atoms with Crippen LogP contribution in [0.4, 0.5) is 0 Å². The van der Waals surface area contributed by atoms with Gasteiger partial charge in [-0.15, -0.1) is 0 Å². The summed E-state index contributed by atoms with van der Waals surface area (Å²) < 4.78 is 5.06. The van der Waals surface area contributed by atoms with Crippen molar-refractivity contribution < 1.29 is 19.7 Å². The van der Waals surface area contributed by atoms with Crippen LogP contribution in [0.3, 0.4) is 0 Å². The highest BCUT2D eigenvalue weighted by Gasteiger charge is 1.98. The van der Waals surface area contributed by atoms with Crippen molar-refractivity contribution in [3.8, 4) is 0 Å². The topological polar surface area (TPSA) is 70.0 Å². The van der Waals surface area contributed by atoms with E-state index in [0.29, 0.717) is 19.7 Å². The highest BCUT2D eigenvalue weighted by atomic mass is 16.5. The summed E-state index contributed by atoms with van der Waals surface area (Å²) in [5.41, 5.74) is 0. The Bertz CT molecular complexity index is 140. The summed E-state index contributed by atoms with van der Waals surface area (Å²) in [4.78, 5) is 12.0. The van der Waals surface area contributed by atoms with Crippen molar-refractivity contribution in [3.05, 3.63) is 0 Å². The summed E-state index contributed by atoms with van der Waals surface area (Å²) in [6.07, 6.45) is 0.0454. The van der Waals surface area contributed by atoms with Crippen LogP contribution in [0.2, 0.25) is 0 Å². The molecule has 0 radical (unpaired) electrons. The molecule has 5 heteroatoms. The molecule has 0 aromatic heterocycles. The standard InChI is InChI=1S/C8H17NO4/c1-9(3-5-10)4-7-13-6-2-8(11)12/h10H,2-7H2,1H3,(H,11,12). The molecule has 0 heterocycles. The highest BCUT2D eigenvalue weighted by molar-refractivity contribution is 5.66. The number of rotatable bonds is 8. The largest absolute Gasteiger partial charge is 0.481 e. The van der Waals surface area contributed by atoms with Gasteiger partial charge in [-0.25, -0.2) is 0 Å². The number of hydrogen-bond acceptors (Lipinski definition) is 4. The fourth-order valence-electron chi connectivity index (χ4n) is 0.764. The molecule has 0 bridgehead atoms. The third-order valence-corrected chi connectivity index (χ3v) is 1.56. The van der Waals surface area contributed by atoms with Crippen molar-refractivity contribution in [2.45, 2.75) is 6.42 Å². The van der Waals surface area contributed by atoms with Crippen LogP contribution in [0.25, 0.3) is 0 Å². The lowest BCUT2D eigenvalue weighted by molar-refractivity contribution is -0.138. The molecule has 0 atom stereocenters. The molecule has 0 aliphatic rings. The van der Waals surface area contributed by atoms with Gasteiger partial charge < -0.3 is 19.8 Å². The van der Waals surface area contributed by atoms with Gasteiger partial charge in [0.15, 0.2) is 0 Å². The lowest BCUT2D eigenvalue weighted by atomic mass is 10.5. The maximum Gasteiger partial charge on any atom is 0.305 e. The molecule has 0 amide bonds. The third kappa shape index (κ3) is 9.26. The predicted molar refractivity (Wildman–Crippen MR) is 47.7 cm³/mol. The van der Waals surface area contributed by atoms with Crippen molar-refractivity contribution in [1.82, 2.24) is 4.90 Å². The number of hydrogen-bond donors (Lipinski definition) is 2. The van der Waals surface area contributed by atoms with Crippen LogP contribution in [0.5, 0.6) is 0 Å². The fraction of sp³-hybridized carbons (Fsp3) is 0.875. The van der Waals surface area contributed by atoms with Crippen molar-refractivity contribution in [3.63, 3.8) is 0 Å². The van der Waals surface area contributed by atoms with Gasteiger partial charge in [-0.3, -0.25) is 4.79 Å². The molecule has 0 saturated carbocycles. The van der Waals surface area contributed by atoms with Gasteiger partial charge >= 0.3 is 5.97 Å². The minimum Gasteiger partial charge on any atom is -0.481 e. The monoisotopic (exact) mass is 191 g/mol. The van der Waals surface area contributed by atoms with Crippen LogP contribution in [-0.2, 0) is 9.53 Å². The molecular weight excluding hydrogens is 174 g/mol. The van der Waals surface area contributed by atoms with Crippen molar-refractivity contribution in [2.75, 3.05) is 40.0 Å². The number of aliphatic carboxylic acids is 1. The normalized spacial score (nSPS) is 10.7. The second-order valence-corrected chi connectivity index (χ2v) is 2.78. The number of carboxylic acid groups (broad SMARTS) is 1. The maximum absolute atomic E-state index is 10.1. The van der Waals surface area contributed by atoms with E-state index in [1.165, 1.54) is 0 Å². The lowest BCUT2D eigenvalue weighted by Crippen LogP contribution is -2.26. The van der Waals surface area contributed by atoms with E-state index in [-0.39, 0.29) is 19.6 Å². The zero-order chi connectivity index (χ0) is 10.1. The molecule has 0 rings (SSSR count). The number of aliphatic hydroxyl groups excluding tert-OH is 1. The Hall–Kier alpha value is -0.650. The predicted octanol–water partition coefficient (Wildman–Crippen LogP) is -0.598. The number of nitrogens with zero attached hydrogens (tertiary/aromatic N) is 1. The van der Waals surface area contributed by atoms with E-state index < -0.39 is 5.97 Å². The van der Waals surface area contributed by atoms with Gasteiger partial charge in [-0.05, 0) is 7.05 Å². The molecule has 0 spiro atoms. The van der Waals surface area contributed by atoms with Gasteiger partial charge in [-0.2, -0.15) is 0 Å². The molecule has 2 N–H and O–H groups in total. The molecule has 0 saturated heterocycles. The number of carbonyl (C=O) groups is 1. The van der Waals surface area contributed by atoms with Crippen LogP contribution >= 0.6 is 0 Å². The van der Waals surface area contributed by atoms with Crippen molar-refractivity contribution in [2.24, 2.45) is 0 Å². The van der Waals surface area contributed by atoms with Crippen LogP contribution in [0.15, 0.2) is 0 Å². The number of likely N-dealkylation sites (N-methyl/N-ethyl adjacent to an activating group) is 1. The van der Waals surface area contributed by atoms with Crippen LogP contribution in [0, 0.1) is 0 Å². The van der Waals surface area contributed by atoms with Crippen LogP contribution in [0.1, 0.15) is 6.42 Å². The van der Waals surface area contributed by atoms with Crippen LogP contribution < -0.4 is 0 Å². The summed E-state index contributed by atoms with van der Waals surface area (Å²) in [7, 11) is 1.87. The number of ether oxygens (including phenoxy) is 1. The zero-order valence-electron chi connectivity index (χ0n) is 7.90. The number of carboxylic acids is 1. The first-order valence-corrected chi connectivity index (χ1v) is 4.25. The quantitative estimate of drug-likeness (QED) is 0.501. The van der Waals surface area contributed by atoms with E-state index >= 15 is 0 Å². The molecule has 13 heavy (non-hydrogen) atoms. The zero-order valence-corrected chi connectivity index (χ0v) is 7.90. The summed E-state index contributed by atoms with van der Waals surface area (Å²) in [5, 5.41) is 16.8. The molecule has 0 aliphatic heterocycles. The Morgan fingerprint density at radius 3 is 2.62 bits per heavy atom. The smallest absolute Gasteiger partial charge is 0.305 e. The summed E-state index contributed by atoms with van der Waals surface area (Å²) >= 11 is 0. The van der Waals surface area contributed by atoms with E-state index in [9.17, 15) is 4.79 Å². The van der Waals surface area contributed by atoms with Crippen molar-refractivity contribution in [1.29, 1.82) is 0 Å². The molecule has 0 fully saturated rings. The summed E-state index contributed by atoms with van der Waals surface area (Å²) in [6.45, 7) is 2.21. The molecule has 0 aliphatic carbocycles. The maximum atomic E-state index is 10.1. The molecular formula is C8H17NO4. The fourth-order valence-corrected chi connectivity index (χ4v) is 0.764. The van der Waals surface area contributed by atoms with E-state index in [1.54, 1.807) is 0 Å². The summed E-state index contributed by atoms with van der Waals surface area (Å²) in [5.74, 6) is -0.844. The second-order valence-electron chi connectivity index (χ2n) is 2.78. The Balaban J connectivity index is 3.11. The Morgan fingerprint density at radius 2 is 2.08 bits per heavy atom. The van der Waals surface area contributed by atoms with Gasteiger partial charge in [0.1, 0.15) is 0 Å². The van der Waals surface area contributed by atoms with E-state index in [2.05, 4.69) is 0 Å². The minimum atomic E-state index is -0.844. The van der Waals surface area contributed by atoms with Gasteiger partial charge in [-0.1, -0.05) is 0 Å². The lowest BCUT2D eigenvalue weighted by Gasteiger charge is -2.14. The van der Waals surface area contributed by atoms with Gasteiger partial charge in [0.05, 0.1) is 26.2 Å². The van der Waals surface area contributed by atoms with Gasteiger partial charge in [0.25, 0.3) is 0 Å². The van der Waals surface area contributed by atoms with E-state index in [4.69, 9.17) is 14.9 Å². The molecule has 0 aromatic carbocycles. The average Bonchev–Trinajstić information content (AvgIpc) is 2.03. The first-order chi connectivity index (χ1) is 6.16. The average molecular weight is 191 g/mol. The Labute approximate surface area is 77.9 Å². The van der Waals surface area contributed by atoms with Crippen molar-refractivity contribution >= 4 is 5.97 Å². The second kappa shape index (κ2) is 7.97. The molecule has 0 unspecified atom stereocenters. The third-order valence-electron chi connectivity index (χ3n) is 1.56. The van der Waals surface area contributed by atoms with Gasteiger partial charge in [0.2, 0.25) is 0 Å². The summed E-state index contributed by atoms with van der Waals surface area (Å²) in [6, 6.07) is 0. The van der Waals surface area contributed by atoms with E-state index in [0.717, 1.165) is 0 Å². The van der Waals surface area contributed by atoms with E-state index in [1.807, 2.05) is 11.9 Å². The minimum absolute atomic E-state index is 0.0454. The molecule has 78 valence electrons. The first-order valence-electron chi connectivity index (χ1n) is 4.25. The molecule has 5 nitrogen and oxygen atoms in total. The first kappa shape index (κ1) is 12.3. The Kier molecular flexibility index (Phi) is 7.57. The van der Waals surface area contributed by atoms with Crippen LogP contribution in [-0.4, -0.2) is 61.0 Å². The molecule has 0 aromatic rings. The number of aliphatic hydroxyl groups is 1. The highest BCUT2D eigenvalue weighted by Crippen LogP contribution is 1.85. The Morgan fingerprint density at radius 1 is 1.38 bits per heavy atom.